The van der Waals surface area contributed by atoms with Crippen LogP contribution in [0.3, 0.4) is 0 Å². The SMILES string of the molecule is CSC1CCCC1NC(=O)Cc1nc(CCl)cs1. The topological polar surface area (TPSA) is 42.0 Å². The number of carbonyl (C=O) groups is 1. The van der Waals surface area contributed by atoms with Gasteiger partial charge in [0.05, 0.1) is 18.0 Å². The van der Waals surface area contributed by atoms with E-state index in [0.29, 0.717) is 23.6 Å². The van der Waals surface area contributed by atoms with Gasteiger partial charge in [0.15, 0.2) is 0 Å². The van der Waals surface area contributed by atoms with Gasteiger partial charge in [0.1, 0.15) is 5.01 Å². The number of aromatic nitrogens is 1. The van der Waals surface area contributed by atoms with Crippen molar-refractivity contribution in [3.63, 3.8) is 0 Å². The lowest BCUT2D eigenvalue weighted by Crippen LogP contribution is -2.39. The molecular weight excluding hydrogens is 288 g/mol. The van der Waals surface area contributed by atoms with Crippen LogP contribution in [0, 0.1) is 0 Å². The van der Waals surface area contributed by atoms with Crippen LogP contribution in [-0.2, 0) is 17.1 Å². The number of nitrogens with zero attached hydrogens (tertiary/aromatic N) is 1. The Bertz CT molecular complexity index is 411. The summed E-state index contributed by atoms with van der Waals surface area (Å²) in [7, 11) is 0. The van der Waals surface area contributed by atoms with Crippen LogP contribution in [0.2, 0.25) is 0 Å². The second-order valence-electron chi connectivity index (χ2n) is 4.42. The maximum absolute atomic E-state index is 11.9. The zero-order valence-electron chi connectivity index (χ0n) is 10.3. The van der Waals surface area contributed by atoms with Crippen molar-refractivity contribution in [2.75, 3.05) is 6.26 Å². The molecule has 1 aromatic heterocycles. The lowest BCUT2D eigenvalue weighted by Gasteiger charge is -2.18. The minimum atomic E-state index is 0.0800. The molecule has 3 nitrogen and oxygen atoms in total. The van der Waals surface area contributed by atoms with Gasteiger partial charge in [-0.3, -0.25) is 4.79 Å². The van der Waals surface area contributed by atoms with Crippen molar-refractivity contribution < 1.29 is 4.79 Å². The third-order valence-corrected chi connectivity index (χ3v) is 5.49. The zero-order valence-corrected chi connectivity index (χ0v) is 12.7. The van der Waals surface area contributed by atoms with Gasteiger partial charge in [-0.15, -0.1) is 22.9 Å². The van der Waals surface area contributed by atoms with E-state index in [4.69, 9.17) is 11.6 Å². The fourth-order valence-electron chi connectivity index (χ4n) is 2.26. The molecule has 6 heteroatoms. The molecular formula is C12H17ClN2OS2. The second-order valence-corrected chi connectivity index (χ2v) is 6.71. The van der Waals surface area contributed by atoms with E-state index in [1.165, 1.54) is 24.2 Å². The van der Waals surface area contributed by atoms with E-state index in [1.807, 2.05) is 17.1 Å². The number of hydrogen-bond donors (Lipinski definition) is 1. The van der Waals surface area contributed by atoms with Crippen molar-refractivity contribution in [3.05, 3.63) is 16.1 Å². The van der Waals surface area contributed by atoms with Crippen LogP contribution in [0.25, 0.3) is 0 Å². The van der Waals surface area contributed by atoms with Crippen molar-refractivity contribution in [3.8, 4) is 0 Å². The van der Waals surface area contributed by atoms with E-state index in [9.17, 15) is 4.79 Å². The van der Waals surface area contributed by atoms with Crippen LogP contribution in [0.15, 0.2) is 5.38 Å². The number of amides is 1. The molecule has 0 spiro atoms. The summed E-state index contributed by atoms with van der Waals surface area (Å²) in [5.41, 5.74) is 0.854. The quantitative estimate of drug-likeness (QED) is 0.851. The van der Waals surface area contributed by atoms with Gasteiger partial charge in [0, 0.05) is 16.7 Å². The number of thiazole rings is 1. The van der Waals surface area contributed by atoms with Crippen molar-refractivity contribution in [2.24, 2.45) is 0 Å². The van der Waals surface area contributed by atoms with Gasteiger partial charge in [0.25, 0.3) is 0 Å². The Morgan fingerprint density at radius 3 is 3.17 bits per heavy atom. The Kier molecular flexibility index (Phi) is 5.33. The van der Waals surface area contributed by atoms with Crippen LogP contribution in [0.1, 0.15) is 30.0 Å². The maximum Gasteiger partial charge on any atom is 0.227 e. The highest BCUT2D eigenvalue weighted by Crippen LogP contribution is 2.28. The van der Waals surface area contributed by atoms with Crippen LogP contribution < -0.4 is 5.32 Å². The Hall–Kier alpha value is -0.260. The molecule has 1 aromatic rings. The van der Waals surface area contributed by atoms with Crippen LogP contribution in [0.5, 0.6) is 0 Å². The fourth-order valence-corrected chi connectivity index (χ4v) is 4.22. The van der Waals surface area contributed by atoms with E-state index in [-0.39, 0.29) is 5.91 Å². The van der Waals surface area contributed by atoms with Gasteiger partial charge < -0.3 is 5.32 Å². The molecule has 2 unspecified atom stereocenters. The summed E-state index contributed by atoms with van der Waals surface area (Å²) in [6.45, 7) is 0. The molecule has 2 atom stereocenters. The summed E-state index contributed by atoms with van der Waals surface area (Å²) in [4.78, 5) is 16.2. The molecule has 18 heavy (non-hydrogen) atoms. The zero-order chi connectivity index (χ0) is 13.0. The molecule has 0 aromatic carbocycles. The average molecular weight is 305 g/mol. The van der Waals surface area contributed by atoms with Crippen molar-refractivity contribution in [1.82, 2.24) is 10.3 Å². The minimum Gasteiger partial charge on any atom is -0.352 e. The normalized spacial score (nSPS) is 23.2. The molecule has 0 saturated heterocycles. The molecule has 0 aliphatic heterocycles. The summed E-state index contributed by atoms with van der Waals surface area (Å²) in [6.07, 6.45) is 6.01. The largest absolute Gasteiger partial charge is 0.352 e. The van der Waals surface area contributed by atoms with E-state index >= 15 is 0 Å². The number of rotatable bonds is 5. The number of nitrogens with one attached hydrogen (secondary N) is 1. The molecule has 0 bridgehead atoms. The fraction of sp³-hybridized carbons (Fsp3) is 0.667. The van der Waals surface area contributed by atoms with Gasteiger partial charge in [-0.25, -0.2) is 4.98 Å². The molecule has 0 radical (unpaired) electrons. The van der Waals surface area contributed by atoms with E-state index in [2.05, 4.69) is 16.6 Å². The van der Waals surface area contributed by atoms with Gasteiger partial charge >= 0.3 is 0 Å². The molecule has 100 valence electrons. The first-order valence-corrected chi connectivity index (χ1v) is 8.74. The minimum absolute atomic E-state index is 0.0800. The second kappa shape index (κ2) is 6.78. The summed E-state index contributed by atoms with van der Waals surface area (Å²) < 4.78 is 0. The molecule has 1 heterocycles. The molecule has 2 rings (SSSR count). The molecule has 1 saturated carbocycles. The third-order valence-electron chi connectivity index (χ3n) is 3.15. The maximum atomic E-state index is 11.9. The highest BCUT2D eigenvalue weighted by molar-refractivity contribution is 7.99. The number of carbonyl (C=O) groups excluding carboxylic acids is 1. The monoisotopic (exact) mass is 304 g/mol. The molecule has 1 amide bonds. The average Bonchev–Trinajstić information content (AvgIpc) is 2.97. The van der Waals surface area contributed by atoms with Gasteiger partial charge in [-0.2, -0.15) is 11.8 Å². The smallest absolute Gasteiger partial charge is 0.227 e. The number of alkyl halides is 1. The Balaban J connectivity index is 1.84. The van der Waals surface area contributed by atoms with Crippen LogP contribution >= 0.6 is 34.7 Å². The molecule has 1 fully saturated rings. The first kappa shape index (κ1) is 14.2. The van der Waals surface area contributed by atoms with E-state index in [1.54, 1.807) is 0 Å². The van der Waals surface area contributed by atoms with Crippen molar-refractivity contribution >= 4 is 40.6 Å². The van der Waals surface area contributed by atoms with Crippen LogP contribution in [-0.4, -0.2) is 28.4 Å². The van der Waals surface area contributed by atoms with Gasteiger partial charge in [-0.05, 0) is 19.1 Å². The Morgan fingerprint density at radius 2 is 2.50 bits per heavy atom. The summed E-state index contributed by atoms with van der Waals surface area (Å²) in [6, 6.07) is 0.333. The highest BCUT2D eigenvalue weighted by atomic mass is 35.5. The lowest BCUT2D eigenvalue weighted by molar-refractivity contribution is -0.121. The number of hydrogen-bond acceptors (Lipinski definition) is 4. The summed E-state index contributed by atoms with van der Waals surface area (Å²) in [5, 5.41) is 6.46. The van der Waals surface area contributed by atoms with E-state index in [0.717, 1.165) is 17.1 Å². The predicted molar refractivity (Wildman–Crippen MR) is 78.5 cm³/mol. The molecule has 1 aliphatic carbocycles. The summed E-state index contributed by atoms with van der Waals surface area (Å²) in [5.74, 6) is 0.492. The van der Waals surface area contributed by atoms with Gasteiger partial charge in [-0.1, -0.05) is 6.42 Å². The Labute approximate surface area is 121 Å². The van der Waals surface area contributed by atoms with Crippen LogP contribution in [0.4, 0.5) is 0 Å². The van der Waals surface area contributed by atoms with Crippen molar-refractivity contribution in [2.45, 2.75) is 42.9 Å². The number of thioether (sulfide) groups is 1. The first-order valence-electron chi connectivity index (χ1n) is 6.04. The summed E-state index contributed by atoms with van der Waals surface area (Å²) >= 11 is 9.05. The molecule has 1 aliphatic rings. The van der Waals surface area contributed by atoms with E-state index < -0.39 is 0 Å². The first-order chi connectivity index (χ1) is 8.72. The predicted octanol–water partition coefficient (Wildman–Crippen LogP) is 2.82. The third kappa shape index (κ3) is 3.62. The molecule has 1 N–H and O–H groups in total. The standard InChI is InChI=1S/C12H17ClN2OS2/c1-17-10-4-2-3-9(10)15-11(16)5-12-14-8(6-13)7-18-12/h7,9-10H,2-6H2,1H3,(H,15,16). The van der Waals surface area contributed by atoms with Gasteiger partial charge in [0.2, 0.25) is 5.91 Å². The Morgan fingerprint density at radius 1 is 1.67 bits per heavy atom. The van der Waals surface area contributed by atoms with Crippen molar-refractivity contribution in [1.29, 1.82) is 0 Å². The number of halogens is 1. The highest BCUT2D eigenvalue weighted by Gasteiger charge is 2.27. The lowest BCUT2D eigenvalue weighted by atomic mass is 10.2.